The maximum absolute atomic E-state index is 13.8. The SMILES string of the molecule is O=C(Nc1ccccc1F)N1CCC[C@@H]1c1nc(-c2ccncc2)n[nH]1. The van der Waals surface area contributed by atoms with Crippen molar-refractivity contribution in [2.45, 2.75) is 18.9 Å². The number of carbonyl (C=O) groups is 1. The van der Waals surface area contributed by atoms with Gasteiger partial charge in [-0.1, -0.05) is 12.1 Å². The lowest BCUT2D eigenvalue weighted by atomic mass is 10.2. The minimum absolute atomic E-state index is 0.165. The molecule has 1 aliphatic rings. The molecular weight excluding hydrogens is 335 g/mol. The zero-order valence-corrected chi connectivity index (χ0v) is 13.9. The molecule has 2 N–H and O–H groups in total. The molecule has 0 aliphatic carbocycles. The van der Waals surface area contributed by atoms with E-state index in [9.17, 15) is 9.18 Å². The van der Waals surface area contributed by atoms with Crippen LogP contribution in [0, 0.1) is 5.82 Å². The highest BCUT2D eigenvalue weighted by Gasteiger charge is 2.32. The van der Waals surface area contributed by atoms with Crippen LogP contribution in [0.4, 0.5) is 14.9 Å². The molecule has 1 aliphatic heterocycles. The van der Waals surface area contributed by atoms with Gasteiger partial charge in [-0.3, -0.25) is 10.1 Å². The summed E-state index contributed by atoms with van der Waals surface area (Å²) in [6.07, 6.45) is 4.97. The Balaban J connectivity index is 1.53. The number of nitrogens with one attached hydrogen (secondary N) is 2. The van der Waals surface area contributed by atoms with Crippen LogP contribution in [0.3, 0.4) is 0 Å². The van der Waals surface area contributed by atoms with E-state index in [4.69, 9.17) is 0 Å². The maximum Gasteiger partial charge on any atom is 0.322 e. The number of rotatable bonds is 3. The molecule has 1 aromatic carbocycles. The number of aromatic nitrogens is 4. The first-order chi connectivity index (χ1) is 12.7. The molecular formula is C18H17FN6O. The number of pyridine rings is 1. The second kappa shape index (κ2) is 6.91. The second-order valence-corrected chi connectivity index (χ2v) is 6.04. The van der Waals surface area contributed by atoms with E-state index in [2.05, 4.69) is 25.5 Å². The third-order valence-corrected chi connectivity index (χ3v) is 4.39. The molecule has 8 heteroatoms. The van der Waals surface area contributed by atoms with Gasteiger partial charge in [0.25, 0.3) is 0 Å². The first kappa shape index (κ1) is 16.2. The van der Waals surface area contributed by atoms with Gasteiger partial charge >= 0.3 is 6.03 Å². The minimum atomic E-state index is -0.462. The molecule has 26 heavy (non-hydrogen) atoms. The van der Waals surface area contributed by atoms with Crippen molar-refractivity contribution in [3.8, 4) is 11.4 Å². The summed E-state index contributed by atoms with van der Waals surface area (Å²) in [6, 6.07) is 9.19. The Morgan fingerprint density at radius 3 is 2.85 bits per heavy atom. The van der Waals surface area contributed by atoms with E-state index in [1.54, 1.807) is 29.4 Å². The highest BCUT2D eigenvalue weighted by Crippen LogP contribution is 2.31. The number of hydrogen-bond donors (Lipinski definition) is 2. The Morgan fingerprint density at radius 2 is 2.04 bits per heavy atom. The number of para-hydroxylation sites is 1. The molecule has 1 saturated heterocycles. The molecule has 0 radical (unpaired) electrons. The zero-order valence-electron chi connectivity index (χ0n) is 13.9. The summed E-state index contributed by atoms with van der Waals surface area (Å²) in [7, 11) is 0. The molecule has 3 aromatic rings. The highest BCUT2D eigenvalue weighted by atomic mass is 19.1. The molecule has 1 fully saturated rings. The van der Waals surface area contributed by atoms with Crippen LogP contribution >= 0.6 is 0 Å². The number of halogens is 1. The number of carbonyl (C=O) groups excluding carboxylic acids is 1. The summed E-state index contributed by atoms with van der Waals surface area (Å²) in [5, 5.41) is 9.80. The van der Waals surface area contributed by atoms with Crippen molar-refractivity contribution in [1.29, 1.82) is 0 Å². The van der Waals surface area contributed by atoms with Gasteiger partial charge in [-0.25, -0.2) is 14.2 Å². The van der Waals surface area contributed by atoms with Crippen molar-refractivity contribution >= 4 is 11.7 Å². The fourth-order valence-corrected chi connectivity index (χ4v) is 3.10. The Morgan fingerprint density at radius 1 is 1.23 bits per heavy atom. The van der Waals surface area contributed by atoms with Crippen LogP contribution in [-0.4, -0.2) is 37.6 Å². The molecule has 0 bridgehead atoms. The molecule has 0 saturated carbocycles. The first-order valence-corrected chi connectivity index (χ1v) is 8.37. The first-order valence-electron chi connectivity index (χ1n) is 8.37. The van der Waals surface area contributed by atoms with Crippen LogP contribution in [0.1, 0.15) is 24.7 Å². The van der Waals surface area contributed by atoms with Gasteiger partial charge in [-0.2, -0.15) is 5.10 Å². The maximum atomic E-state index is 13.8. The van der Waals surface area contributed by atoms with Crippen molar-refractivity contribution in [3.63, 3.8) is 0 Å². The Hall–Kier alpha value is -3.29. The summed E-state index contributed by atoms with van der Waals surface area (Å²) in [5.41, 5.74) is 1.01. The van der Waals surface area contributed by atoms with E-state index in [1.165, 1.54) is 12.1 Å². The molecule has 0 spiro atoms. The molecule has 7 nitrogen and oxygen atoms in total. The topological polar surface area (TPSA) is 86.8 Å². The smallest absolute Gasteiger partial charge is 0.314 e. The number of nitrogens with zero attached hydrogens (tertiary/aromatic N) is 4. The monoisotopic (exact) mass is 352 g/mol. The number of likely N-dealkylation sites (tertiary alicyclic amines) is 1. The summed E-state index contributed by atoms with van der Waals surface area (Å²) in [5.74, 6) is 0.720. The summed E-state index contributed by atoms with van der Waals surface area (Å²) in [6.45, 7) is 0.580. The van der Waals surface area contributed by atoms with Crippen LogP contribution in [0.15, 0.2) is 48.8 Å². The predicted molar refractivity (Wildman–Crippen MR) is 93.7 cm³/mol. The second-order valence-electron chi connectivity index (χ2n) is 6.04. The van der Waals surface area contributed by atoms with Crippen molar-refractivity contribution < 1.29 is 9.18 Å². The van der Waals surface area contributed by atoms with E-state index in [0.29, 0.717) is 18.2 Å². The van der Waals surface area contributed by atoms with E-state index in [-0.39, 0.29) is 17.8 Å². The van der Waals surface area contributed by atoms with Crippen molar-refractivity contribution in [2.75, 3.05) is 11.9 Å². The van der Waals surface area contributed by atoms with Gasteiger partial charge in [0.05, 0.1) is 11.7 Å². The van der Waals surface area contributed by atoms with E-state index < -0.39 is 5.82 Å². The Labute approximate surface area is 149 Å². The van der Waals surface area contributed by atoms with Gasteiger partial charge in [-0.15, -0.1) is 0 Å². The number of urea groups is 1. The Kier molecular flexibility index (Phi) is 4.30. The molecule has 1 atom stereocenters. The van der Waals surface area contributed by atoms with E-state index in [0.717, 1.165) is 18.4 Å². The normalized spacial score (nSPS) is 16.7. The quantitative estimate of drug-likeness (QED) is 0.756. The molecule has 132 valence electrons. The molecule has 2 amide bonds. The summed E-state index contributed by atoms with van der Waals surface area (Å²) < 4.78 is 13.8. The largest absolute Gasteiger partial charge is 0.322 e. The van der Waals surface area contributed by atoms with E-state index >= 15 is 0 Å². The number of amides is 2. The van der Waals surface area contributed by atoms with Gasteiger partial charge in [-0.05, 0) is 37.1 Å². The standard InChI is InChI=1S/C18H17FN6O/c19-13-4-1-2-5-14(13)21-18(26)25-11-3-6-15(25)17-22-16(23-24-17)12-7-9-20-10-8-12/h1-2,4-5,7-10,15H,3,6,11H2,(H,21,26)(H,22,23,24)/t15-/m1/s1. The predicted octanol–water partition coefficient (Wildman–Crippen LogP) is 3.37. The van der Waals surface area contributed by atoms with Crippen molar-refractivity contribution in [2.24, 2.45) is 0 Å². The third-order valence-electron chi connectivity index (χ3n) is 4.39. The average molecular weight is 352 g/mol. The molecule has 3 heterocycles. The van der Waals surface area contributed by atoms with Crippen LogP contribution in [0.5, 0.6) is 0 Å². The van der Waals surface area contributed by atoms with Crippen molar-refractivity contribution in [3.05, 3.63) is 60.4 Å². The van der Waals surface area contributed by atoms with E-state index in [1.807, 2.05) is 12.1 Å². The number of hydrogen-bond acceptors (Lipinski definition) is 4. The summed E-state index contributed by atoms with van der Waals surface area (Å²) >= 11 is 0. The van der Waals surface area contributed by atoms with Gasteiger partial charge in [0.2, 0.25) is 0 Å². The van der Waals surface area contributed by atoms with Gasteiger partial charge < -0.3 is 10.2 Å². The van der Waals surface area contributed by atoms with Crippen molar-refractivity contribution in [1.82, 2.24) is 25.1 Å². The van der Waals surface area contributed by atoms with Crippen LogP contribution in [-0.2, 0) is 0 Å². The highest BCUT2D eigenvalue weighted by molar-refractivity contribution is 5.89. The van der Waals surface area contributed by atoms with Gasteiger partial charge in [0.15, 0.2) is 5.82 Å². The van der Waals surface area contributed by atoms with Crippen LogP contribution < -0.4 is 5.32 Å². The zero-order chi connectivity index (χ0) is 17.9. The lowest BCUT2D eigenvalue weighted by molar-refractivity contribution is 0.205. The number of anilines is 1. The number of H-pyrrole nitrogens is 1. The van der Waals surface area contributed by atoms with Crippen LogP contribution in [0.2, 0.25) is 0 Å². The number of aromatic amines is 1. The summed E-state index contributed by atoms with van der Waals surface area (Å²) in [4.78, 5) is 22.8. The number of benzene rings is 1. The average Bonchev–Trinajstić information content (AvgIpc) is 3.33. The van der Waals surface area contributed by atoms with Crippen LogP contribution in [0.25, 0.3) is 11.4 Å². The fourth-order valence-electron chi connectivity index (χ4n) is 3.10. The third kappa shape index (κ3) is 3.13. The minimum Gasteiger partial charge on any atom is -0.314 e. The molecule has 2 aromatic heterocycles. The Bertz CT molecular complexity index is 913. The molecule has 0 unspecified atom stereocenters. The molecule has 4 rings (SSSR count). The van der Waals surface area contributed by atoms with Gasteiger partial charge in [0.1, 0.15) is 11.6 Å². The van der Waals surface area contributed by atoms with Gasteiger partial charge in [0, 0.05) is 24.5 Å². The lowest BCUT2D eigenvalue weighted by Crippen LogP contribution is -2.35. The fraction of sp³-hybridized carbons (Fsp3) is 0.222. The lowest BCUT2D eigenvalue weighted by Gasteiger charge is -2.23.